The molecule has 0 saturated carbocycles. The molecule has 2 heterocycles. The Labute approximate surface area is 150 Å². The molecular weight excluding hydrogens is 332 g/mol. The molecule has 3 aromatic rings. The average Bonchev–Trinajstić information content (AvgIpc) is 3.29. The fraction of sp³-hybridized carbons (Fsp3) is 0.158. The molecule has 7 nitrogen and oxygen atoms in total. The van der Waals surface area contributed by atoms with Crippen LogP contribution in [0.1, 0.15) is 11.1 Å². The lowest BCUT2D eigenvalue weighted by atomic mass is 10.2. The van der Waals surface area contributed by atoms with Gasteiger partial charge in [-0.1, -0.05) is 36.4 Å². The smallest absolute Gasteiger partial charge is 0.320 e. The predicted octanol–water partition coefficient (Wildman–Crippen LogP) is 2.98. The standard InChI is InChI=1S/C19H18N4O3/c24-19(20-11-15-6-7-16-17(10-15)26-13-25-16)21-18-8-9-23(22-18)12-14-4-2-1-3-5-14/h1-10H,11-13H2,(H2,20,21,22,24). The molecule has 0 aliphatic carbocycles. The number of fused-ring (bicyclic) bond motifs is 1. The van der Waals surface area contributed by atoms with E-state index in [4.69, 9.17) is 9.47 Å². The van der Waals surface area contributed by atoms with E-state index < -0.39 is 0 Å². The Bertz CT molecular complexity index is 908. The van der Waals surface area contributed by atoms with Crippen molar-refractivity contribution in [3.05, 3.63) is 71.9 Å². The topological polar surface area (TPSA) is 77.4 Å². The van der Waals surface area contributed by atoms with Gasteiger partial charge in [-0.05, 0) is 23.3 Å². The lowest BCUT2D eigenvalue weighted by Crippen LogP contribution is -2.28. The quantitative estimate of drug-likeness (QED) is 0.742. The van der Waals surface area contributed by atoms with Crippen LogP contribution in [0.25, 0.3) is 0 Å². The molecule has 2 amide bonds. The summed E-state index contributed by atoms with van der Waals surface area (Å²) >= 11 is 0. The first-order chi connectivity index (χ1) is 12.8. The van der Waals surface area contributed by atoms with Gasteiger partial charge >= 0.3 is 6.03 Å². The first-order valence-electron chi connectivity index (χ1n) is 8.27. The molecule has 2 N–H and O–H groups in total. The molecule has 1 aromatic heterocycles. The molecule has 0 unspecified atom stereocenters. The number of carbonyl (C=O) groups is 1. The number of hydrogen-bond acceptors (Lipinski definition) is 4. The summed E-state index contributed by atoms with van der Waals surface area (Å²) in [7, 11) is 0. The summed E-state index contributed by atoms with van der Waals surface area (Å²) in [4.78, 5) is 12.1. The van der Waals surface area contributed by atoms with Crippen LogP contribution in [-0.4, -0.2) is 22.6 Å². The van der Waals surface area contributed by atoms with Gasteiger partial charge in [0.05, 0.1) is 6.54 Å². The number of anilines is 1. The highest BCUT2D eigenvalue weighted by molar-refractivity contribution is 5.88. The lowest BCUT2D eigenvalue weighted by molar-refractivity contribution is 0.174. The number of aromatic nitrogens is 2. The van der Waals surface area contributed by atoms with E-state index >= 15 is 0 Å². The van der Waals surface area contributed by atoms with E-state index in [2.05, 4.69) is 15.7 Å². The zero-order valence-electron chi connectivity index (χ0n) is 14.0. The number of nitrogens with zero attached hydrogens (tertiary/aromatic N) is 2. The van der Waals surface area contributed by atoms with Gasteiger partial charge in [-0.25, -0.2) is 4.79 Å². The van der Waals surface area contributed by atoms with Gasteiger partial charge in [-0.3, -0.25) is 10.00 Å². The van der Waals surface area contributed by atoms with E-state index in [1.165, 1.54) is 0 Å². The Morgan fingerprint density at radius 3 is 2.77 bits per heavy atom. The van der Waals surface area contributed by atoms with Crippen molar-refractivity contribution in [3.8, 4) is 11.5 Å². The number of nitrogens with one attached hydrogen (secondary N) is 2. The van der Waals surface area contributed by atoms with Gasteiger partial charge < -0.3 is 14.8 Å². The van der Waals surface area contributed by atoms with Crippen LogP contribution >= 0.6 is 0 Å². The van der Waals surface area contributed by atoms with Crippen molar-refractivity contribution in [1.29, 1.82) is 0 Å². The zero-order chi connectivity index (χ0) is 17.8. The van der Waals surface area contributed by atoms with E-state index in [1.54, 1.807) is 10.7 Å². The van der Waals surface area contributed by atoms with Crippen molar-refractivity contribution in [2.75, 3.05) is 12.1 Å². The van der Waals surface area contributed by atoms with E-state index in [9.17, 15) is 4.79 Å². The minimum Gasteiger partial charge on any atom is -0.454 e. The highest BCUT2D eigenvalue weighted by Crippen LogP contribution is 2.32. The van der Waals surface area contributed by atoms with E-state index in [-0.39, 0.29) is 12.8 Å². The number of carbonyl (C=O) groups excluding carboxylic acids is 1. The number of ether oxygens (including phenoxy) is 2. The lowest BCUT2D eigenvalue weighted by Gasteiger charge is -2.07. The summed E-state index contributed by atoms with van der Waals surface area (Å²) in [6, 6.07) is 17.1. The molecule has 1 aliphatic heterocycles. The SMILES string of the molecule is O=C(NCc1ccc2c(c1)OCO2)Nc1ccn(Cc2ccccc2)n1. The zero-order valence-corrected chi connectivity index (χ0v) is 14.0. The van der Waals surface area contributed by atoms with Crippen molar-refractivity contribution in [1.82, 2.24) is 15.1 Å². The van der Waals surface area contributed by atoms with Crippen LogP contribution in [0.15, 0.2) is 60.8 Å². The van der Waals surface area contributed by atoms with Crippen molar-refractivity contribution < 1.29 is 14.3 Å². The molecule has 0 atom stereocenters. The van der Waals surface area contributed by atoms with Crippen LogP contribution < -0.4 is 20.1 Å². The molecule has 4 rings (SSSR count). The maximum absolute atomic E-state index is 12.1. The van der Waals surface area contributed by atoms with E-state index in [0.29, 0.717) is 24.7 Å². The predicted molar refractivity (Wildman–Crippen MR) is 96.2 cm³/mol. The van der Waals surface area contributed by atoms with E-state index in [1.807, 2.05) is 54.7 Å². The number of amides is 2. The molecule has 132 valence electrons. The Morgan fingerprint density at radius 2 is 1.88 bits per heavy atom. The second-order valence-electron chi connectivity index (χ2n) is 5.88. The van der Waals surface area contributed by atoms with Gasteiger partial charge in [0.2, 0.25) is 6.79 Å². The molecule has 0 radical (unpaired) electrons. The number of hydrogen-bond donors (Lipinski definition) is 2. The second kappa shape index (κ2) is 7.18. The van der Waals surface area contributed by atoms with Crippen molar-refractivity contribution in [2.45, 2.75) is 13.1 Å². The monoisotopic (exact) mass is 350 g/mol. The number of benzene rings is 2. The molecule has 26 heavy (non-hydrogen) atoms. The average molecular weight is 350 g/mol. The van der Waals surface area contributed by atoms with Gasteiger partial charge in [-0.2, -0.15) is 5.10 Å². The summed E-state index contributed by atoms with van der Waals surface area (Å²) in [6.07, 6.45) is 1.83. The fourth-order valence-electron chi connectivity index (χ4n) is 2.68. The number of rotatable bonds is 5. The normalized spacial score (nSPS) is 12.0. The largest absolute Gasteiger partial charge is 0.454 e. The summed E-state index contributed by atoms with van der Waals surface area (Å²) in [5.74, 6) is 1.93. The minimum atomic E-state index is -0.312. The summed E-state index contributed by atoms with van der Waals surface area (Å²) < 4.78 is 12.4. The third-order valence-corrected chi connectivity index (χ3v) is 3.96. The van der Waals surface area contributed by atoms with Crippen LogP contribution in [0.3, 0.4) is 0 Å². The second-order valence-corrected chi connectivity index (χ2v) is 5.88. The molecule has 1 aliphatic rings. The first kappa shape index (κ1) is 16.0. The fourth-order valence-corrected chi connectivity index (χ4v) is 2.68. The van der Waals surface area contributed by atoms with Gasteiger partial charge in [-0.15, -0.1) is 0 Å². The van der Waals surface area contributed by atoms with Crippen LogP contribution in [-0.2, 0) is 13.1 Å². The number of urea groups is 1. The first-order valence-corrected chi connectivity index (χ1v) is 8.27. The Morgan fingerprint density at radius 1 is 1.04 bits per heavy atom. The highest BCUT2D eigenvalue weighted by Gasteiger charge is 2.13. The van der Waals surface area contributed by atoms with Crippen LogP contribution in [0.4, 0.5) is 10.6 Å². The van der Waals surface area contributed by atoms with Crippen LogP contribution in [0.5, 0.6) is 11.5 Å². The maximum atomic E-state index is 12.1. The Kier molecular flexibility index (Phi) is 4.42. The molecule has 0 spiro atoms. The molecular formula is C19H18N4O3. The Balaban J connectivity index is 1.29. The summed E-state index contributed by atoms with van der Waals surface area (Å²) in [5, 5.41) is 9.89. The summed E-state index contributed by atoms with van der Waals surface area (Å²) in [6.45, 7) is 1.27. The van der Waals surface area contributed by atoms with Crippen molar-refractivity contribution in [2.24, 2.45) is 0 Å². The Hall–Kier alpha value is -3.48. The van der Waals surface area contributed by atoms with Gasteiger partial charge in [0.1, 0.15) is 0 Å². The highest BCUT2D eigenvalue weighted by atomic mass is 16.7. The van der Waals surface area contributed by atoms with Crippen LogP contribution in [0, 0.1) is 0 Å². The van der Waals surface area contributed by atoms with Gasteiger partial charge in [0.15, 0.2) is 17.3 Å². The molecule has 0 saturated heterocycles. The molecule has 2 aromatic carbocycles. The molecule has 7 heteroatoms. The minimum absolute atomic E-state index is 0.234. The van der Waals surface area contributed by atoms with Crippen molar-refractivity contribution >= 4 is 11.8 Å². The maximum Gasteiger partial charge on any atom is 0.320 e. The third kappa shape index (κ3) is 3.77. The summed E-state index contributed by atoms with van der Waals surface area (Å²) in [5.41, 5.74) is 2.08. The van der Waals surface area contributed by atoms with Crippen molar-refractivity contribution in [3.63, 3.8) is 0 Å². The molecule has 0 fully saturated rings. The van der Waals surface area contributed by atoms with E-state index in [0.717, 1.165) is 16.9 Å². The van der Waals surface area contributed by atoms with Crippen LogP contribution in [0.2, 0.25) is 0 Å². The van der Waals surface area contributed by atoms with Gasteiger partial charge in [0.25, 0.3) is 0 Å². The third-order valence-electron chi connectivity index (χ3n) is 3.96. The van der Waals surface area contributed by atoms with Gasteiger partial charge in [0, 0.05) is 18.8 Å². The molecule has 0 bridgehead atoms.